The zero-order chi connectivity index (χ0) is 23.2. The van der Waals surface area contributed by atoms with Gasteiger partial charge in [0.25, 0.3) is 5.91 Å². The number of benzene rings is 2. The van der Waals surface area contributed by atoms with Gasteiger partial charge in [0.15, 0.2) is 12.4 Å². The predicted molar refractivity (Wildman–Crippen MR) is 125 cm³/mol. The number of nitrogens with one attached hydrogen (secondary N) is 1. The summed E-state index contributed by atoms with van der Waals surface area (Å²) < 4.78 is 13.1. The molecule has 0 bridgehead atoms. The van der Waals surface area contributed by atoms with Crippen molar-refractivity contribution in [1.82, 2.24) is 25.0 Å². The van der Waals surface area contributed by atoms with Gasteiger partial charge in [0, 0.05) is 32.6 Å². The molecule has 0 spiro atoms. The first kappa shape index (κ1) is 22.8. The largest absolute Gasteiger partial charge is 0.496 e. The van der Waals surface area contributed by atoms with E-state index in [1.807, 2.05) is 43.3 Å². The van der Waals surface area contributed by atoms with Gasteiger partial charge >= 0.3 is 0 Å². The van der Waals surface area contributed by atoms with Crippen molar-refractivity contribution < 1.29 is 14.3 Å². The standard InChI is InChI=1S/C25H31N5O3/c1-18-15-20(9-10-22(18)32-3)16-29-12-11-23-27-28-25(30(23)14-13-29)19(2)26-24(31)17-33-21-7-5-4-6-8-21/h4-10,15,19H,11-14,16-17H2,1-3H3,(H,26,31)/t19-/m1/s1. The number of aryl methyl sites for hydroxylation is 1. The Bertz CT molecular complexity index is 1080. The van der Waals surface area contributed by atoms with E-state index in [4.69, 9.17) is 9.47 Å². The van der Waals surface area contributed by atoms with Crippen LogP contribution < -0.4 is 14.8 Å². The summed E-state index contributed by atoms with van der Waals surface area (Å²) in [6, 6.07) is 15.4. The molecule has 3 aromatic rings. The van der Waals surface area contributed by atoms with Gasteiger partial charge in [-0.15, -0.1) is 10.2 Å². The summed E-state index contributed by atoms with van der Waals surface area (Å²) >= 11 is 0. The van der Waals surface area contributed by atoms with Crippen LogP contribution >= 0.6 is 0 Å². The Hall–Kier alpha value is -3.39. The smallest absolute Gasteiger partial charge is 0.258 e. The van der Waals surface area contributed by atoms with Gasteiger partial charge in [-0.3, -0.25) is 9.69 Å². The fraction of sp³-hybridized carbons (Fsp3) is 0.400. The van der Waals surface area contributed by atoms with Gasteiger partial charge in [-0.2, -0.15) is 0 Å². The first-order chi connectivity index (χ1) is 16.0. The lowest BCUT2D eigenvalue weighted by Crippen LogP contribution is -2.33. The molecule has 174 valence electrons. The van der Waals surface area contributed by atoms with Crippen molar-refractivity contribution in [2.24, 2.45) is 0 Å². The highest BCUT2D eigenvalue weighted by Crippen LogP contribution is 2.21. The molecule has 8 heteroatoms. The van der Waals surface area contributed by atoms with Crippen molar-refractivity contribution >= 4 is 5.91 Å². The van der Waals surface area contributed by atoms with Crippen LogP contribution in [0.5, 0.6) is 11.5 Å². The van der Waals surface area contributed by atoms with Crippen molar-refractivity contribution in [3.05, 3.63) is 71.3 Å². The van der Waals surface area contributed by atoms with Crippen LogP contribution in [0.15, 0.2) is 48.5 Å². The normalized spacial score (nSPS) is 14.8. The number of amides is 1. The molecule has 33 heavy (non-hydrogen) atoms. The Kier molecular flexibility index (Phi) is 7.24. The number of methoxy groups -OCH3 is 1. The first-order valence-electron chi connectivity index (χ1n) is 11.3. The molecule has 0 fully saturated rings. The average Bonchev–Trinajstić information content (AvgIpc) is 3.13. The van der Waals surface area contributed by atoms with Crippen molar-refractivity contribution in [3.8, 4) is 11.5 Å². The molecule has 1 aromatic heterocycles. The van der Waals surface area contributed by atoms with Crippen LogP contribution in [0.4, 0.5) is 0 Å². The highest BCUT2D eigenvalue weighted by atomic mass is 16.5. The van der Waals surface area contributed by atoms with Gasteiger partial charge in [-0.05, 0) is 43.2 Å². The van der Waals surface area contributed by atoms with E-state index in [9.17, 15) is 4.79 Å². The minimum Gasteiger partial charge on any atom is -0.496 e. The zero-order valence-electron chi connectivity index (χ0n) is 19.5. The van der Waals surface area contributed by atoms with Gasteiger partial charge in [-0.1, -0.05) is 30.3 Å². The van der Waals surface area contributed by atoms with Crippen molar-refractivity contribution in [3.63, 3.8) is 0 Å². The maximum absolute atomic E-state index is 12.4. The molecule has 8 nitrogen and oxygen atoms in total. The summed E-state index contributed by atoms with van der Waals surface area (Å²) in [5.41, 5.74) is 2.41. The number of fused-ring (bicyclic) bond motifs is 1. The molecular weight excluding hydrogens is 418 g/mol. The number of carbonyl (C=O) groups excluding carboxylic acids is 1. The van der Waals surface area contributed by atoms with Crippen LogP contribution in [0.3, 0.4) is 0 Å². The number of carbonyl (C=O) groups is 1. The molecule has 4 rings (SSSR count). The molecule has 2 heterocycles. The fourth-order valence-corrected chi connectivity index (χ4v) is 4.18. The number of ether oxygens (including phenoxy) is 2. The molecule has 0 aliphatic carbocycles. The van der Waals surface area contributed by atoms with Crippen LogP contribution in [0.25, 0.3) is 0 Å². The number of para-hydroxylation sites is 1. The van der Waals surface area contributed by atoms with Crippen LogP contribution in [0.2, 0.25) is 0 Å². The Labute approximate surface area is 194 Å². The lowest BCUT2D eigenvalue weighted by atomic mass is 10.1. The highest BCUT2D eigenvalue weighted by molar-refractivity contribution is 5.77. The maximum atomic E-state index is 12.4. The van der Waals surface area contributed by atoms with Crippen LogP contribution in [0.1, 0.15) is 35.7 Å². The number of nitrogens with zero attached hydrogens (tertiary/aromatic N) is 4. The third kappa shape index (κ3) is 5.70. The molecule has 2 aromatic carbocycles. The number of rotatable bonds is 8. The summed E-state index contributed by atoms with van der Waals surface area (Å²) in [4.78, 5) is 14.8. The maximum Gasteiger partial charge on any atom is 0.258 e. The third-order valence-corrected chi connectivity index (χ3v) is 5.89. The van der Waals surface area contributed by atoms with Crippen LogP contribution in [-0.4, -0.2) is 52.4 Å². The van der Waals surface area contributed by atoms with Gasteiger partial charge in [0.2, 0.25) is 0 Å². The number of hydrogen-bond acceptors (Lipinski definition) is 6. The highest BCUT2D eigenvalue weighted by Gasteiger charge is 2.23. The molecular formula is C25H31N5O3. The Morgan fingerprint density at radius 3 is 2.70 bits per heavy atom. The average molecular weight is 450 g/mol. The van der Waals surface area contributed by atoms with E-state index < -0.39 is 0 Å². The van der Waals surface area contributed by atoms with Gasteiger partial charge in [0.1, 0.15) is 17.3 Å². The summed E-state index contributed by atoms with van der Waals surface area (Å²) in [6.07, 6.45) is 0.819. The van der Waals surface area contributed by atoms with E-state index in [1.54, 1.807) is 7.11 Å². The minimum absolute atomic E-state index is 0.0373. The SMILES string of the molecule is COc1ccc(CN2CCc3nnc([C@@H](C)NC(=O)COc4ccccc4)n3CC2)cc1C. The second kappa shape index (κ2) is 10.5. The van der Waals surface area contributed by atoms with E-state index in [0.29, 0.717) is 5.75 Å². The second-order valence-corrected chi connectivity index (χ2v) is 8.35. The Morgan fingerprint density at radius 1 is 1.12 bits per heavy atom. The molecule has 0 unspecified atom stereocenters. The molecule has 0 radical (unpaired) electrons. The van der Waals surface area contributed by atoms with E-state index in [2.05, 4.69) is 44.0 Å². The molecule has 0 saturated heterocycles. The predicted octanol–water partition coefficient (Wildman–Crippen LogP) is 2.91. The Balaban J connectivity index is 1.33. The number of hydrogen-bond donors (Lipinski definition) is 1. The van der Waals surface area contributed by atoms with Crippen LogP contribution in [-0.2, 0) is 24.3 Å². The molecule has 0 saturated carbocycles. The van der Waals surface area contributed by atoms with E-state index in [1.165, 1.54) is 5.56 Å². The molecule has 1 aliphatic rings. The topological polar surface area (TPSA) is 81.5 Å². The summed E-state index contributed by atoms with van der Waals surface area (Å²) in [7, 11) is 1.70. The molecule has 1 N–H and O–H groups in total. The van der Waals surface area contributed by atoms with Crippen molar-refractivity contribution in [2.45, 2.75) is 39.4 Å². The van der Waals surface area contributed by atoms with Crippen LogP contribution in [0, 0.1) is 6.92 Å². The summed E-state index contributed by atoms with van der Waals surface area (Å²) in [5.74, 6) is 3.13. The summed E-state index contributed by atoms with van der Waals surface area (Å²) in [6.45, 7) is 7.43. The lowest BCUT2D eigenvalue weighted by molar-refractivity contribution is -0.123. The molecule has 1 amide bonds. The second-order valence-electron chi connectivity index (χ2n) is 8.35. The van der Waals surface area contributed by atoms with E-state index in [0.717, 1.165) is 55.6 Å². The lowest BCUT2D eigenvalue weighted by Gasteiger charge is -2.21. The monoisotopic (exact) mass is 449 g/mol. The Morgan fingerprint density at radius 2 is 1.94 bits per heavy atom. The van der Waals surface area contributed by atoms with Gasteiger partial charge in [-0.25, -0.2) is 0 Å². The van der Waals surface area contributed by atoms with Gasteiger partial charge < -0.3 is 19.4 Å². The van der Waals surface area contributed by atoms with Crippen molar-refractivity contribution in [1.29, 1.82) is 0 Å². The fourth-order valence-electron chi connectivity index (χ4n) is 4.18. The zero-order valence-corrected chi connectivity index (χ0v) is 19.5. The van der Waals surface area contributed by atoms with Gasteiger partial charge in [0.05, 0.1) is 13.2 Å². The number of aromatic nitrogens is 3. The quantitative estimate of drug-likeness (QED) is 0.570. The van der Waals surface area contributed by atoms with E-state index in [-0.39, 0.29) is 18.6 Å². The van der Waals surface area contributed by atoms with Crippen molar-refractivity contribution in [2.75, 3.05) is 26.8 Å². The summed E-state index contributed by atoms with van der Waals surface area (Å²) in [5, 5.41) is 11.8. The molecule has 1 atom stereocenters. The first-order valence-corrected chi connectivity index (χ1v) is 11.3. The van der Waals surface area contributed by atoms with E-state index >= 15 is 0 Å². The molecule has 1 aliphatic heterocycles. The minimum atomic E-state index is -0.256. The third-order valence-electron chi connectivity index (χ3n) is 5.89.